The molecule has 0 spiro atoms. The van der Waals surface area contributed by atoms with E-state index in [4.69, 9.17) is 4.74 Å². The summed E-state index contributed by atoms with van der Waals surface area (Å²) in [5.74, 6) is -1.29. The summed E-state index contributed by atoms with van der Waals surface area (Å²) in [6.45, 7) is 5.70. The Morgan fingerprint density at radius 2 is 1.62 bits per heavy atom. The Kier molecular flexibility index (Phi) is 6.52. The molecule has 0 radical (unpaired) electrons. The van der Waals surface area contributed by atoms with E-state index in [-0.39, 0.29) is 18.1 Å². The van der Waals surface area contributed by atoms with Crippen molar-refractivity contribution in [1.29, 1.82) is 0 Å². The molecule has 0 aromatic heterocycles. The molecule has 0 heterocycles. The predicted molar refractivity (Wildman–Crippen MR) is 98.5 cm³/mol. The topological polar surface area (TPSA) is 92.7 Å². The molecular weight excluding hydrogens is 354 g/mol. The Bertz CT molecular complexity index is 855. The van der Waals surface area contributed by atoms with Crippen LogP contribution in [-0.4, -0.2) is 32.1 Å². The third kappa shape index (κ3) is 5.66. The quantitative estimate of drug-likeness (QED) is 0.738. The number of ether oxygens (including phenoxy) is 1. The molecule has 1 unspecified atom stereocenters. The third-order valence-electron chi connectivity index (χ3n) is 3.76. The first-order valence-corrected chi connectivity index (χ1v) is 9.62. The van der Waals surface area contributed by atoms with E-state index in [9.17, 15) is 18.3 Å². The zero-order chi connectivity index (χ0) is 19.3. The molecule has 0 aliphatic carbocycles. The van der Waals surface area contributed by atoms with Crippen LogP contribution in [-0.2, 0) is 26.2 Å². The van der Waals surface area contributed by atoms with Crippen molar-refractivity contribution in [3.05, 3.63) is 64.7 Å². The summed E-state index contributed by atoms with van der Waals surface area (Å²) in [5, 5.41) is 9.31. The van der Waals surface area contributed by atoms with Gasteiger partial charge in [0.2, 0.25) is 10.0 Å². The molecule has 2 aromatic carbocycles. The van der Waals surface area contributed by atoms with Gasteiger partial charge in [0.05, 0.1) is 18.1 Å². The first kappa shape index (κ1) is 20.1. The van der Waals surface area contributed by atoms with Gasteiger partial charge in [0.15, 0.2) is 0 Å². The van der Waals surface area contributed by atoms with Crippen molar-refractivity contribution in [2.45, 2.75) is 38.3 Å². The fourth-order valence-electron chi connectivity index (χ4n) is 2.58. The molecule has 0 saturated heterocycles. The lowest BCUT2D eigenvalue weighted by atomic mass is 10.1. The lowest BCUT2D eigenvalue weighted by molar-refractivity contribution is -0.140. The van der Waals surface area contributed by atoms with Gasteiger partial charge in [-0.25, -0.2) is 8.42 Å². The van der Waals surface area contributed by atoms with Gasteiger partial charge >= 0.3 is 5.97 Å². The summed E-state index contributed by atoms with van der Waals surface area (Å²) < 4.78 is 32.3. The summed E-state index contributed by atoms with van der Waals surface area (Å²) in [6, 6.07) is 10.7. The van der Waals surface area contributed by atoms with Crippen molar-refractivity contribution in [3.8, 4) is 0 Å². The number of carboxylic acids is 1. The second-order valence-corrected chi connectivity index (χ2v) is 8.05. The van der Waals surface area contributed by atoms with Gasteiger partial charge in [-0.1, -0.05) is 47.0 Å². The van der Waals surface area contributed by atoms with Gasteiger partial charge in [0, 0.05) is 0 Å². The van der Waals surface area contributed by atoms with Crippen LogP contribution >= 0.6 is 0 Å². The highest BCUT2D eigenvalue weighted by molar-refractivity contribution is 7.89. The van der Waals surface area contributed by atoms with Crippen molar-refractivity contribution in [2.24, 2.45) is 0 Å². The molecule has 0 saturated carbocycles. The van der Waals surface area contributed by atoms with E-state index >= 15 is 0 Å². The van der Waals surface area contributed by atoms with Gasteiger partial charge < -0.3 is 9.84 Å². The summed E-state index contributed by atoms with van der Waals surface area (Å²) in [6.07, 6.45) is 0. The van der Waals surface area contributed by atoms with Crippen LogP contribution in [0.25, 0.3) is 0 Å². The molecule has 0 fully saturated rings. The maximum absolute atomic E-state index is 12.4. The largest absolute Gasteiger partial charge is 0.480 e. The number of aliphatic carboxylic acids is 1. The average Bonchev–Trinajstić information content (AvgIpc) is 2.53. The van der Waals surface area contributed by atoms with Gasteiger partial charge in [-0.15, -0.1) is 0 Å². The van der Waals surface area contributed by atoms with E-state index in [2.05, 4.69) is 4.72 Å². The summed E-state index contributed by atoms with van der Waals surface area (Å²) in [5.41, 5.74) is 3.99. The second-order valence-electron chi connectivity index (χ2n) is 6.34. The summed E-state index contributed by atoms with van der Waals surface area (Å²) in [4.78, 5) is 11.4. The number of carbonyl (C=O) groups is 1. The van der Waals surface area contributed by atoms with Gasteiger partial charge in [-0.05, 0) is 38.5 Å². The molecule has 0 aliphatic heterocycles. The molecule has 7 heteroatoms. The first-order valence-electron chi connectivity index (χ1n) is 8.14. The molecule has 2 rings (SSSR count). The van der Waals surface area contributed by atoms with Crippen LogP contribution in [0.4, 0.5) is 0 Å². The van der Waals surface area contributed by atoms with Gasteiger partial charge in [0.25, 0.3) is 0 Å². The number of carboxylic acid groups (broad SMARTS) is 1. The third-order valence-corrected chi connectivity index (χ3v) is 5.25. The van der Waals surface area contributed by atoms with E-state index in [0.717, 1.165) is 22.3 Å². The standard InChI is InChI=1S/C19H23NO5S/c1-13-4-6-17(7-5-13)26(23,24)20-18(19(21)22)12-25-11-16-9-14(2)8-15(3)10-16/h4-10,18,20H,11-12H2,1-3H3,(H,21,22). The van der Waals surface area contributed by atoms with Crippen LogP contribution in [0.1, 0.15) is 22.3 Å². The second kappa shape index (κ2) is 8.44. The van der Waals surface area contributed by atoms with Crippen LogP contribution in [0.2, 0.25) is 0 Å². The maximum Gasteiger partial charge on any atom is 0.324 e. The summed E-state index contributed by atoms with van der Waals surface area (Å²) in [7, 11) is -3.94. The highest BCUT2D eigenvalue weighted by atomic mass is 32.2. The van der Waals surface area contributed by atoms with Crippen molar-refractivity contribution >= 4 is 16.0 Å². The SMILES string of the molecule is Cc1ccc(S(=O)(=O)NC(COCc2cc(C)cc(C)c2)C(=O)O)cc1. The molecule has 0 amide bonds. The Morgan fingerprint density at radius 1 is 1.04 bits per heavy atom. The average molecular weight is 377 g/mol. The van der Waals surface area contributed by atoms with Crippen molar-refractivity contribution in [3.63, 3.8) is 0 Å². The Labute approximate surface area is 153 Å². The molecule has 2 N–H and O–H groups in total. The zero-order valence-electron chi connectivity index (χ0n) is 15.0. The first-order chi connectivity index (χ1) is 12.2. The normalized spacial score (nSPS) is 12.7. The van der Waals surface area contributed by atoms with Crippen molar-refractivity contribution in [1.82, 2.24) is 4.72 Å². The van der Waals surface area contributed by atoms with E-state index in [1.807, 2.05) is 39.0 Å². The number of benzene rings is 2. The number of hydrogen-bond acceptors (Lipinski definition) is 4. The van der Waals surface area contributed by atoms with Crippen LogP contribution in [0.5, 0.6) is 0 Å². The van der Waals surface area contributed by atoms with E-state index < -0.39 is 22.0 Å². The molecule has 0 bridgehead atoms. The molecule has 2 aromatic rings. The Hall–Kier alpha value is -2.22. The maximum atomic E-state index is 12.4. The zero-order valence-corrected chi connectivity index (χ0v) is 15.8. The number of aryl methyl sites for hydroxylation is 3. The van der Waals surface area contributed by atoms with Crippen molar-refractivity contribution in [2.75, 3.05) is 6.61 Å². The molecule has 26 heavy (non-hydrogen) atoms. The lowest BCUT2D eigenvalue weighted by Gasteiger charge is -2.15. The monoisotopic (exact) mass is 377 g/mol. The lowest BCUT2D eigenvalue weighted by Crippen LogP contribution is -2.43. The minimum absolute atomic E-state index is 0.0173. The summed E-state index contributed by atoms with van der Waals surface area (Å²) >= 11 is 0. The van der Waals surface area contributed by atoms with E-state index in [1.54, 1.807) is 12.1 Å². The van der Waals surface area contributed by atoms with Crippen LogP contribution < -0.4 is 4.72 Å². The van der Waals surface area contributed by atoms with Gasteiger partial charge in [0.1, 0.15) is 6.04 Å². The Balaban J connectivity index is 2.02. The number of rotatable bonds is 8. The number of sulfonamides is 1. The molecule has 0 aliphatic rings. The minimum atomic E-state index is -3.94. The molecular formula is C19H23NO5S. The van der Waals surface area contributed by atoms with Crippen LogP contribution in [0.15, 0.2) is 47.4 Å². The smallest absolute Gasteiger partial charge is 0.324 e. The van der Waals surface area contributed by atoms with E-state index in [1.165, 1.54) is 12.1 Å². The fraction of sp³-hybridized carbons (Fsp3) is 0.316. The van der Waals surface area contributed by atoms with Crippen molar-refractivity contribution < 1.29 is 23.1 Å². The highest BCUT2D eigenvalue weighted by Gasteiger charge is 2.25. The highest BCUT2D eigenvalue weighted by Crippen LogP contribution is 2.12. The fourth-order valence-corrected chi connectivity index (χ4v) is 3.75. The molecule has 140 valence electrons. The predicted octanol–water partition coefficient (Wildman–Crippen LogP) is 2.56. The van der Waals surface area contributed by atoms with Gasteiger partial charge in [-0.2, -0.15) is 4.72 Å². The van der Waals surface area contributed by atoms with Crippen LogP contribution in [0.3, 0.4) is 0 Å². The molecule has 1 atom stereocenters. The minimum Gasteiger partial charge on any atom is -0.480 e. The van der Waals surface area contributed by atoms with Crippen LogP contribution in [0, 0.1) is 20.8 Å². The number of nitrogens with one attached hydrogen (secondary N) is 1. The van der Waals surface area contributed by atoms with E-state index in [0.29, 0.717) is 0 Å². The Morgan fingerprint density at radius 3 is 2.15 bits per heavy atom. The number of hydrogen-bond donors (Lipinski definition) is 2. The van der Waals surface area contributed by atoms with Gasteiger partial charge in [-0.3, -0.25) is 4.79 Å². The molecule has 6 nitrogen and oxygen atoms in total.